The largest absolute Gasteiger partial charge is 0.503 e. The van der Waals surface area contributed by atoms with Gasteiger partial charge in [0, 0.05) is 18.5 Å². The second kappa shape index (κ2) is 9.24. The first-order valence-corrected chi connectivity index (χ1v) is 11.4. The molecule has 1 atom stereocenters. The first-order valence-electron chi connectivity index (χ1n) is 11.4. The molecule has 0 aliphatic carbocycles. The minimum atomic E-state index is -0.670. The van der Waals surface area contributed by atoms with Crippen LogP contribution in [0.25, 0.3) is 11.0 Å². The number of hydrogen-bond donors (Lipinski definition) is 1. The molecule has 0 fully saturated rings. The second-order valence-electron chi connectivity index (χ2n) is 8.58. The lowest BCUT2D eigenvalue weighted by atomic mass is 9.94. The maximum absolute atomic E-state index is 13.6. The van der Waals surface area contributed by atoms with Gasteiger partial charge in [-0.3, -0.25) is 9.59 Å². The van der Waals surface area contributed by atoms with Crippen LogP contribution in [-0.2, 0) is 4.79 Å². The number of rotatable bonds is 8. The molecule has 172 valence electrons. The standard InChI is InChI=1S/C27H30N2O4/c1-5-28(6-2)13-14-29-24(19-10-7-17(3)8-11-19)23(26(31)27(29)32)25(30)22-16-20-15-18(4)9-12-21(20)33-22/h7-12,15-16,24,31H,5-6,13-14H2,1-4H3. The van der Waals surface area contributed by atoms with Crippen molar-refractivity contribution in [1.29, 1.82) is 0 Å². The van der Waals surface area contributed by atoms with Crippen molar-refractivity contribution in [3.8, 4) is 0 Å². The number of carbonyl (C=O) groups excluding carboxylic acids is 2. The molecule has 6 heteroatoms. The molecule has 6 nitrogen and oxygen atoms in total. The minimum absolute atomic E-state index is 0.0687. The lowest BCUT2D eigenvalue weighted by molar-refractivity contribution is -0.129. The molecular formula is C27H30N2O4. The molecule has 1 amide bonds. The third kappa shape index (κ3) is 4.31. The van der Waals surface area contributed by atoms with Gasteiger partial charge in [0.05, 0.1) is 11.6 Å². The van der Waals surface area contributed by atoms with Crippen molar-refractivity contribution in [2.45, 2.75) is 33.7 Å². The Bertz CT molecular complexity index is 1220. The number of carbonyl (C=O) groups is 2. The Morgan fingerprint density at radius 3 is 2.36 bits per heavy atom. The van der Waals surface area contributed by atoms with Crippen molar-refractivity contribution in [1.82, 2.24) is 9.80 Å². The van der Waals surface area contributed by atoms with Gasteiger partial charge in [-0.2, -0.15) is 0 Å². The fourth-order valence-electron chi connectivity index (χ4n) is 4.41. The Labute approximate surface area is 194 Å². The highest BCUT2D eigenvalue weighted by molar-refractivity contribution is 6.16. The van der Waals surface area contributed by atoms with Crippen LogP contribution in [0.15, 0.2) is 64.3 Å². The van der Waals surface area contributed by atoms with Crippen molar-refractivity contribution in [3.05, 3.63) is 82.3 Å². The minimum Gasteiger partial charge on any atom is -0.503 e. The van der Waals surface area contributed by atoms with Crippen molar-refractivity contribution >= 4 is 22.7 Å². The van der Waals surface area contributed by atoms with Crippen molar-refractivity contribution in [2.75, 3.05) is 26.2 Å². The Hall–Kier alpha value is -3.38. The van der Waals surface area contributed by atoms with Crippen LogP contribution in [0.1, 0.15) is 47.1 Å². The van der Waals surface area contributed by atoms with Gasteiger partial charge in [0.25, 0.3) is 5.91 Å². The summed E-state index contributed by atoms with van der Waals surface area (Å²) >= 11 is 0. The van der Waals surface area contributed by atoms with E-state index in [1.54, 1.807) is 11.0 Å². The fraction of sp³-hybridized carbons (Fsp3) is 0.333. The predicted octanol–water partition coefficient (Wildman–Crippen LogP) is 4.97. The molecule has 1 aliphatic rings. The monoisotopic (exact) mass is 446 g/mol. The van der Waals surface area contributed by atoms with Gasteiger partial charge in [-0.15, -0.1) is 0 Å². The van der Waals surface area contributed by atoms with Crippen LogP contribution < -0.4 is 0 Å². The second-order valence-corrected chi connectivity index (χ2v) is 8.58. The zero-order chi connectivity index (χ0) is 23.7. The fourth-order valence-corrected chi connectivity index (χ4v) is 4.41. The number of aliphatic hydroxyl groups excluding tert-OH is 1. The number of aryl methyl sites for hydroxylation is 2. The topological polar surface area (TPSA) is 74.0 Å². The van der Waals surface area contributed by atoms with Gasteiger partial charge in [0.1, 0.15) is 5.58 Å². The molecule has 0 saturated heterocycles. The molecule has 4 rings (SSSR count). The number of hydrogen-bond acceptors (Lipinski definition) is 5. The summed E-state index contributed by atoms with van der Waals surface area (Å²) in [5, 5.41) is 11.7. The average molecular weight is 447 g/mol. The van der Waals surface area contributed by atoms with Crippen LogP contribution in [0.2, 0.25) is 0 Å². The van der Waals surface area contributed by atoms with Crippen molar-refractivity contribution in [3.63, 3.8) is 0 Å². The summed E-state index contributed by atoms with van der Waals surface area (Å²) in [6.07, 6.45) is 0. The van der Waals surface area contributed by atoms with E-state index in [1.807, 2.05) is 56.3 Å². The van der Waals surface area contributed by atoms with Crippen LogP contribution in [-0.4, -0.2) is 52.8 Å². The number of amides is 1. The highest BCUT2D eigenvalue weighted by Gasteiger charge is 2.44. The molecule has 1 aliphatic heterocycles. The van der Waals surface area contributed by atoms with Gasteiger partial charge in [-0.05, 0) is 50.7 Å². The summed E-state index contributed by atoms with van der Waals surface area (Å²) in [5.74, 6) is -1.37. The number of Topliss-reactive ketones (excluding diaryl/α,β-unsaturated/α-hetero) is 1. The van der Waals surface area contributed by atoms with Crippen molar-refractivity contribution in [2.24, 2.45) is 0 Å². The average Bonchev–Trinajstić information content (AvgIpc) is 3.33. The molecule has 2 heterocycles. The Kier molecular flexibility index (Phi) is 6.38. The van der Waals surface area contributed by atoms with Crippen LogP contribution >= 0.6 is 0 Å². The van der Waals surface area contributed by atoms with E-state index in [-0.39, 0.29) is 11.3 Å². The van der Waals surface area contributed by atoms with E-state index in [4.69, 9.17) is 4.42 Å². The predicted molar refractivity (Wildman–Crippen MR) is 128 cm³/mol. The molecule has 0 bridgehead atoms. The number of benzene rings is 2. The number of fused-ring (bicyclic) bond motifs is 1. The molecule has 1 unspecified atom stereocenters. The molecule has 33 heavy (non-hydrogen) atoms. The number of ketones is 1. The zero-order valence-corrected chi connectivity index (χ0v) is 19.6. The summed E-state index contributed by atoms with van der Waals surface area (Å²) < 4.78 is 5.82. The summed E-state index contributed by atoms with van der Waals surface area (Å²) in [4.78, 5) is 30.5. The van der Waals surface area contributed by atoms with Gasteiger partial charge < -0.3 is 19.3 Å². The third-order valence-electron chi connectivity index (χ3n) is 6.39. The van der Waals surface area contributed by atoms with Gasteiger partial charge in [-0.1, -0.05) is 55.3 Å². The molecular weight excluding hydrogens is 416 g/mol. The first-order chi connectivity index (χ1) is 15.8. The maximum Gasteiger partial charge on any atom is 0.290 e. The van der Waals surface area contributed by atoms with Gasteiger partial charge in [-0.25, -0.2) is 0 Å². The van der Waals surface area contributed by atoms with E-state index < -0.39 is 23.5 Å². The quantitative estimate of drug-likeness (QED) is 0.495. The molecule has 0 spiro atoms. The van der Waals surface area contributed by atoms with Gasteiger partial charge in [0.2, 0.25) is 5.78 Å². The molecule has 0 radical (unpaired) electrons. The number of nitrogens with zero attached hydrogens (tertiary/aromatic N) is 2. The SMILES string of the molecule is CCN(CC)CCN1C(=O)C(O)=C(C(=O)c2cc3cc(C)ccc3o2)C1c1ccc(C)cc1. The summed E-state index contributed by atoms with van der Waals surface area (Å²) in [7, 11) is 0. The van der Waals surface area contributed by atoms with Crippen LogP contribution in [0, 0.1) is 13.8 Å². The highest BCUT2D eigenvalue weighted by atomic mass is 16.3. The van der Waals surface area contributed by atoms with Crippen molar-refractivity contribution < 1.29 is 19.1 Å². The van der Waals surface area contributed by atoms with E-state index in [9.17, 15) is 14.7 Å². The molecule has 1 aromatic heterocycles. The summed E-state index contributed by atoms with van der Waals surface area (Å²) in [6.45, 7) is 10.9. The number of likely N-dealkylation sites (N-methyl/N-ethyl adjacent to an activating group) is 1. The summed E-state index contributed by atoms with van der Waals surface area (Å²) in [6, 6.07) is 14.4. The lowest BCUT2D eigenvalue weighted by Crippen LogP contribution is -2.38. The van der Waals surface area contributed by atoms with Gasteiger partial charge >= 0.3 is 0 Å². The van der Waals surface area contributed by atoms with E-state index in [2.05, 4.69) is 18.7 Å². The van der Waals surface area contributed by atoms with E-state index >= 15 is 0 Å². The maximum atomic E-state index is 13.6. The summed E-state index contributed by atoms with van der Waals surface area (Å²) in [5.41, 5.74) is 3.58. The molecule has 3 aromatic rings. The first kappa shape index (κ1) is 22.8. The van der Waals surface area contributed by atoms with Crippen LogP contribution in [0.4, 0.5) is 0 Å². The number of furan rings is 1. The Morgan fingerprint density at radius 2 is 1.70 bits per heavy atom. The number of aliphatic hydroxyl groups is 1. The third-order valence-corrected chi connectivity index (χ3v) is 6.39. The Morgan fingerprint density at radius 1 is 1.03 bits per heavy atom. The van der Waals surface area contributed by atoms with Crippen LogP contribution in [0.5, 0.6) is 0 Å². The molecule has 2 aromatic carbocycles. The normalized spacial score (nSPS) is 16.5. The van der Waals surface area contributed by atoms with E-state index in [0.29, 0.717) is 18.7 Å². The Balaban J connectivity index is 1.75. The van der Waals surface area contributed by atoms with E-state index in [0.717, 1.165) is 35.2 Å². The molecule has 0 saturated carbocycles. The zero-order valence-electron chi connectivity index (χ0n) is 19.6. The van der Waals surface area contributed by atoms with Crippen LogP contribution in [0.3, 0.4) is 0 Å². The highest BCUT2D eigenvalue weighted by Crippen LogP contribution is 2.39. The van der Waals surface area contributed by atoms with Gasteiger partial charge in [0.15, 0.2) is 11.5 Å². The lowest BCUT2D eigenvalue weighted by Gasteiger charge is -2.29. The smallest absolute Gasteiger partial charge is 0.290 e. The van der Waals surface area contributed by atoms with E-state index in [1.165, 1.54) is 0 Å². The molecule has 1 N–H and O–H groups in total.